The highest BCUT2D eigenvalue weighted by Gasteiger charge is 2.35. The van der Waals surface area contributed by atoms with Crippen molar-refractivity contribution < 1.29 is 9.59 Å². The molecule has 0 radical (unpaired) electrons. The fourth-order valence-electron chi connectivity index (χ4n) is 3.89. The van der Waals surface area contributed by atoms with Crippen LogP contribution < -0.4 is 16.0 Å². The third-order valence-corrected chi connectivity index (χ3v) is 5.26. The largest absolute Gasteiger partial charge is 0.356 e. The van der Waals surface area contributed by atoms with Gasteiger partial charge in [-0.05, 0) is 53.8 Å². The molecule has 1 heterocycles. The molecule has 134 valence electrons. The van der Waals surface area contributed by atoms with E-state index < -0.39 is 0 Å². The zero-order valence-corrected chi connectivity index (χ0v) is 14.7. The van der Waals surface area contributed by atoms with Gasteiger partial charge >= 0.3 is 0 Å². The zero-order valence-electron chi connectivity index (χ0n) is 14.7. The highest BCUT2D eigenvalue weighted by atomic mass is 16.2. The Balaban J connectivity index is 1.50. The van der Waals surface area contributed by atoms with Crippen molar-refractivity contribution in [1.29, 1.82) is 0 Å². The second-order valence-corrected chi connectivity index (χ2v) is 7.01. The van der Waals surface area contributed by atoms with E-state index in [1.807, 2.05) is 6.07 Å². The summed E-state index contributed by atoms with van der Waals surface area (Å²) in [6.07, 6.45) is 1.91. The van der Waals surface area contributed by atoms with E-state index >= 15 is 0 Å². The predicted octanol–water partition coefficient (Wildman–Crippen LogP) is 2.08. The van der Waals surface area contributed by atoms with Crippen LogP contribution in [-0.4, -0.2) is 31.4 Å². The lowest BCUT2D eigenvalue weighted by Gasteiger charge is -2.18. The standard InChI is InChI=1S/C21H23N3O2/c22-8-3-9-23-21(26)16-12-20(25)24(13-16)17-6-7-19-15(11-17)10-14-4-1-2-5-18(14)19/h1-2,4-7,11,16H,3,8-10,12-13,22H2,(H,23,26). The van der Waals surface area contributed by atoms with E-state index in [0.717, 1.165) is 18.5 Å². The number of carbonyl (C=O) groups excluding carboxylic acids is 2. The van der Waals surface area contributed by atoms with Gasteiger partial charge in [-0.3, -0.25) is 9.59 Å². The molecule has 26 heavy (non-hydrogen) atoms. The van der Waals surface area contributed by atoms with Gasteiger partial charge in [0.15, 0.2) is 0 Å². The van der Waals surface area contributed by atoms with Crippen LogP contribution in [0.2, 0.25) is 0 Å². The SMILES string of the molecule is NCCCNC(=O)C1CC(=O)N(c2ccc3c(c2)Cc2ccccc2-3)C1. The Kier molecular flexibility index (Phi) is 4.47. The van der Waals surface area contributed by atoms with Crippen LogP contribution in [0.3, 0.4) is 0 Å². The number of amides is 2. The summed E-state index contributed by atoms with van der Waals surface area (Å²) in [5.41, 5.74) is 11.4. The summed E-state index contributed by atoms with van der Waals surface area (Å²) in [4.78, 5) is 26.5. The van der Waals surface area contributed by atoms with E-state index in [2.05, 4.69) is 41.7 Å². The van der Waals surface area contributed by atoms with Crippen molar-refractivity contribution in [2.24, 2.45) is 11.7 Å². The first-order valence-electron chi connectivity index (χ1n) is 9.16. The Labute approximate surface area is 153 Å². The van der Waals surface area contributed by atoms with Gasteiger partial charge in [0.2, 0.25) is 11.8 Å². The topological polar surface area (TPSA) is 75.4 Å². The maximum absolute atomic E-state index is 12.5. The van der Waals surface area contributed by atoms with Crippen molar-refractivity contribution >= 4 is 17.5 Å². The van der Waals surface area contributed by atoms with Crippen LogP contribution in [0.1, 0.15) is 24.0 Å². The molecule has 2 aliphatic rings. The van der Waals surface area contributed by atoms with Crippen molar-refractivity contribution in [2.45, 2.75) is 19.3 Å². The van der Waals surface area contributed by atoms with Gasteiger partial charge in [0.25, 0.3) is 0 Å². The van der Waals surface area contributed by atoms with Crippen molar-refractivity contribution in [3.8, 4) is 11.1 Å². The van der Waals surface area contributed by atoms with E-state index in [1.165, 1.54) is 22.3 Å². The average Bonchev–Trinajstić information content (AvgIpc) is 3.21. The van der Waals surface area contributed by atoms with E-state index in [0.29, 0.717) is 19.6 Å². The van der Waals surface area contributed by atoms with Crippen LogP contribution in [0.4, 0.5) is 5.69 Å². The molecule has 1 aliphatic carbocycles. The molecule has 5 nitrogen and oxygen atoms in total. The zero-order chi connectivity index (χ0) is 18.1. The van der Waals surface area contributed by atoms with Gasteiger partial charge in [0.05, 0.1) is 5.92 Å². The second kappa shape index (κ2) is 6.92. The predicted molar refractivity (Wildman–Crippen MR) is 102 cm³/mol. The van der Waals surface area contributed by atoms with Crippen LogP contribution in [0, 0.1) is 5.92 Å². The molecule has 4 rings (SSSR count). The number of nitrogens with two attached hydrogens (primary N) is 1. The number of rotatable bonds is 5. The molecule has 5 heteroatoms. The second-order valence-electron chi connectivity index (χ2n) is 7.01. The van der Waals surface area contributed by atoms with E-state index in [-0.39, 0.29) is 24.2 Å². The minimum atomic E-state index is -0.286. The summed E-state index contributed by atoms with van der Waals surface area (Å²) in [5, 5.41) is 2.87. The van der Waals surface area contributed by atoms with Gasteiger partial charge < -0.3 is 16.0 Å². The molecule has 1 aliphatic heterocycles. The Hall–Kier alpha value is -2.66. The first-order chi connectivity index (χ1) is 12.7. The van der Waals surface area contributed by atoms with Crippen LogP contribution >= 0.6 is 0 Å². The lowest BCUT2D eigenvalue weighted by atomic mass is 10.1. The number of benzene rings is 2. The fourth-order valence-corrected chi connectivity index (χ4v) is 3.89. The minimum Gasteiger partial charge on any atom is -0.356 e. The molecule has 0 spiro atoms. The third kappa shape index (κ3) is 2.99. The first kappa shape index (κ1) is 16.8. The number of anilines is 1. The van der Waals surface area contributed by atoms with Crippen LogP contribution in [0.5, 0.6) is 0 Å². The maximum atomic E-state index is 12.5. The van der Waals surface area contributed by atoms with Gasteiger partial charge in [-0.25, -0.2) is 0 Å². The first-order valence-corrected chi connectivity index (χ1v) is 9.16. The number of nitrogens with zero attached hydrogens (tertiary/aromatic N) is 1. The number of nitrogens with one attached hydrogen (secondary N) is 1. The van der Waals surface area contributed by atoms with Gasteiger partial charge in [0.1, 0.15) is 0 Å². The van der Waals surface area contributed by atoms with Crippen molar-refractivity contribution in [3.63, 3.8) is 0 Å². The Morgan fingerprint density at radius 3 is 2.81 bits per heavy atom. The molecule has 2 aromatic carbocycles. The highest BCUT2D eigenvalue weighted by Crippen LogP contribution is 2.39. The molecule has 0 aromatic heterocycles. The normalized spacial score (nSPS) is 18.0. The minimum absolute atomic E-state index is 0.0134. The average molecular weight is 349 g/mol. The van der Waals surface area contributed by atoms with Gasteiger partial charge in [-0.15, -0.1) is 0 Å². The molecule has 1 saturated heterocycles. The molecule has 2 amide bonds. The molecular weight excluding hydrogens is 326 g/mol. The number of hydrogen-bond acceptors (Lipinski definition) is 3. The van der Waals surface area contributed by atoms with E-state index in [1.54, 1.807) is 4.90 Å². The van der Waals surface area contributed by atoms with Crippen LogP contribution in [0.25, 0.3) is 11.1 Å². The quantitative estimate of drug-likeness (QED) is 0.693. The van der Waals surface area contributed by atoms with Crippen molar-refractivity contribution in [3.05, 3.63) is 53.6 Å². The summed E-state index contributed by atoms with van der Waals surface area (Å²) in [6, 6.07) is 14.6. The van der Waals surface area contributed by atoms with Crippen LogP contribution in [0.15, 0.2) is 42.5 Å². The Bertz CT molecular complexity index is 862. The van der Waals surface area contributed by atoms with Crippen molar-refractivity contribution in [1.82, 2.24) is 5.32 Å². The number of carbonyl (C=O) groups is 2. The molecular formula is C21H23N3O2. The molecule has 1 atom stereocenters. The maximum Gasteiger partial charge on any atom is 0.227 e. The summed E-state index contributed by atoms with van der Waals surface area (Å²) >= 11 is 0. The Morgan fingerprint density at radius 1 is 1.15 bits per heavy atom. The smallest absolute Gasteiger partial charge is 0.227 e. The van der Waals surface area contributed by atoms with Gasteiger partial charge in [-0.2, -0.15) is 0 Å². The highest BCUT2D eigenvalue weighted by molar-refractivity contribution is 6.00. The monoisotopic (exact) mass is 349 g/mol. The lowest BCUT2D eigenvalue weighted by molar-refractivity contribution is -0.126. The Morgan fingerprint density at radius 2 is 1.96 bits per heavy atom. The van der Waals surface area contributed by atoms with Gasteiger partial charge in [0, 0.05) is 25.2 Å². The summed E-state index contributed by atoms with van der Waals surface area (Å²) in [7, 11) is 0. The molecule has 2 aromatic rings. The fraction of sp³-hybridized carbons (Fsp3) is 0.333. The van der Waals surface area contributed by atoms with Crippen LogP contribution in [-0.2, 0) is 16.0 Å². The molecule has 0 bridgehead atoms. The number of fused-ring (bicyclic) bond motifs is 3. The summed E-state index contributed by atoms with van der Waals surface area (Å²) in [5.74, 6) is -0.326. The lowest BCUT2D eigenvalue weighted by Crippen LogP contribution is -2.34. The molecule has 1 unspecified atom stereocenters. The third-order valence-electron chi connectivity index (χ3n) is 5.26. The van der Waals surface area contributed by atoms with E-state index in [4.69, 9.17) is 5.73 Å². The summed E-state index contributed by atoms with van der Waals surface area (Å²) < 4.78 is 0. The summed E-state index contributed by atoms with van der Waals surface area (Å²) in [6.45, 7) is 1.56. The molecule has 1 fully saturated rings. The van der Waals surface area contributed by atoms with Gasteiger partial charge in [-0.1, -0.05) is 30.3 Å². The van der Waals surface area contributed by atoms with E-state index in [9.17, 15) is 9.59 Å². The van der Waals surface area contributed by atoms with Crippen molar-refractivity contribution in [2.75, 3.05) is 24.5 Å². The molecule has 0 saturated carbocycles. The molecule has 3 N–H and O–H groups in total. The number of hydrogen-bond donors (Lipinski definition) is 2.